The van der Waals surface area contributed by atoms with Gasteiger partial charge in [-0.3, -0.25) is 9.69 Å². The van der Waals surface area contributed by atoms with Gasteiger partial charge in [0.1, 0.15) is 12.4 Å². The highest BCUT2D eigenvalue weighted by molar-refractivity contribution is 6.30. The number of carbonyl (C=O) groups is 1. The van der Waals surface area contributed by atoms with Crippen molar-refractivity contribution in [2.75, 3.05) is 26.2 Å². The van der Waals surface area contributed by atoms with Crippen molar-refractivity contribution in [3.63, 3.8) is 0 Å². The second-order valence-electron chi connectivity index (χ2n) is 6.50. The summed E-state index contributed by atoms with van der Waals surface area (Å²) >= 11 is 5.85. The highest BCUT2D eigenvalue weighted by Gasteiger charge is 2.20. The van der Waals surface area contributed by atoms with Crippen LogP contribution in [0.15, 0.2) is 24.3 Å². The van der Waals surface area contributed by atoms with Crippen molar-refractivity contribution in [1.82, 2.24) is 10.2 Å². The summed E-state index contributed by atoms with van der Waals surface area (Å²) in [5.74, 6) is 0.965. The van der Waals surface area contributed by atoms with Crippen molar-refractivity contribution in [3.05, 3.63) is 29.3 Å². The van der Waals surface area contributed by atoms with E-state index >= 15 is 0 Å². The SMILES string of the molecule is CC(N)CCC(=O)NC1CCN(CCOc2ccc(Cl)cc2)CC1.Cl.Cl. The Hall–Kier alpha value is -0.720. The van der Waals surface area contributed by atoms with Crippen molar-refractivity contribution in [1.29, 1.82) is 0 Å². The van der Waals surface area contributed by atoms with Crippen molar-refractivity contribution in [2.45, 2.75) is 44.7 Å². The molecule has 2 rings (SSSR count). The van der Waals surface area contributed by atoms with Gasteiger partial charge in [-0.25, -0.2) is 0 Å². The zero-order chi connectivity index (χ0) is 17.4. The van der Waals surface area contributed by atoms with Gasteiger partial charge in [0.05, 0.1) is 0 Å². The van der Waals surface area contributed by atoms with Gasteiger partial charge < -0.3 is 15.8 Å². The molecule has 0 aromatic heterocycles. The standard InChI is InChI=1S/C18H28ClN3O2.2ClH/c1-14(20)2-7-18(23)21-16-8-10-22(11-9-16)12-13-24-17-5-3-15(19)4-6-17;;/h3-6,14,16H,2,7-13,20H2,1H3,(H,21,23);2*1H. The first-order valence-corrected chi connectivity index (χ1v) is 9.06. The number of nitrogens with zero attached hydrogens (tertiary/aromatic N) is 1. The summed E-state index contributed by atoms with van der Waals surface area (Å²) in [6.45, 7) is 5.46. The smallest absolute Gasteiger partial charge is 0.220 e. The topological polar surface area (TPSA) is 67.6 Å². The van der Waals surface area contributed by atoms with Gasteiger partial charge in [0.15, 0.2) is 0 Å². The lowest BCUT2D eigenvalue weighted by Gasteiger charge is -2.32. The number of likely N-dealkylation sites (tertiary alicyclic amines) is 1. The van der Waals surface area contributed by atoms with E-state index in [1.54, 1.807) is 0 Å². The van der Waals surface area contributed by atoms with Gasteiger partial charge in [0.2, 0.25) is 5.91 Å². The molecule has 1 fully saturated rings. The summed E-state index contributed by atoms with van der Waals surface area (Å²) in [5, 5.41) is 3.83. The molecule has 1 aliphatic rings. The van der Waals surface area contributed by atoms with Crippen LogP contribution in [0.25, 0.3) is 0 Å². The monoisotopic (exact) mass is 425 g/mol. The largest absolute Gasteiger partial charge is 0.492 e. The van der Waals surface area contributed by atoms with E-state index in [4.69, 9.17) is 22.1 Å². The fraction of sp³-hybridized carbons (Fsp3) is 0.611. The maximum absolute atomic E-state index is 11.8. The molecule has 0 saturated carbocycles. The van der Waals surface area contributed by atoms with E-state index in [0.717, 1.165) is 44.6 Å². The van der Waals surface area contributed by atoms with Gasteiger partial charge >= 0.3 is 0 Å². The highest BCUT2D eigenvalue weighted by atomic mass is 35.5. The van der Waals surface area contributed by atoms with Crippen molar-refractivity contribution in [2.24, 2.45) is 5.73 Å². The number of ether oxygens (including phenoxy) is 1. The Morgan fingerprint density at radius 1 is 1.31 bits per heavy atom. The van der Waals surface area contributed by atoms with E-state index in [0.29, 0.717) is 24.1 Å². The minimum atomic E-state index is 0. The first-order valence-electron chi connectivity index (χ1n) is 8.68. The number of piperidine rings is 1. The molecule has 0 aliphatic carbocycles. The van der Waals surface area contributed by atoms with Gasteiger partial charge in [-0.05, 0) is 50.5 Å². The Labute approximate surface area is 173 Å². The molecule has 0 spiro atoms. The number of carbonyl (C=O) groups excluding carboxylic acids is 1. The molecule has 1 atom stereocenters. The number of benzene rings is 1. The first-order chi connectivity index (χ1) is 11.5. The molecule has 0 bridgehead atoms. The van der Waals surface area contributed by atoms with Crippen LogP contribution in [0, 0.1) is 0 Å². The molecule has 0 radical (unpaired) electrons. The summed E-state index contributed by atoms with van der Waals surface area (Å²) < 4.78 is 5.73. The average Bonchev–Trinajstić information content (AvgIpc) is 2.56. The van der Waals surface area contributed by atoms with E-state index in [1.165, 1.54) is 0 Å². The Kier molecular flexibility index (Phi) is 13.1. The van der Waals surface area contributed by atoms with Gasteiger partial charge in [0, 0.05) is 43.2 Å². The molecule has 1 saturated heterocycles. The number of nitrogens with two attached hydrogens (primary N) is 1. The Balaban J connectivity index is 0.00000312. The maximum atomic E-state index is 11.8. The molecule has 1 aliphatic heterocycles. The number of amides is 1. The Morgan fingerprint density at radius 2 is 1.92 bits per heavy atom. The van der Waals surface area contributed by atoms with E-state index in [-0.39, 0.29) is 36.8 Å². The van der Waals surface area contributed by atoms with Crippen molar-refractivity contribution in [3.8, 4) is 5.75 Å². The Bertz CT molecular complexity index is 507. The van der Waals surface area contributed by atoms with Gasteiger partial charge in [0.25, 0.3) is 0 Å². The summed E-state index contributed by atoms with van der Waals surface area (Å²) in [4.78, 5) is 14.2. The molecule has 1 heterocycles. The lowest BCUT2D eigenvalue weighted by molar-refractivity contribution is -0.122. The predicted octanol–water partition coefficient (Wildman–Crippen LogP) is 3.27. The molecule has 1 aromatic rings. The third kappa shape index (κ3) is 9.83. The van der Waals surface area contributed by atoms with Gasteiger partial charge in [-0.2, -0.15) is 0 Å². The normalized spacial score (nSPS) is 16.1. The second-order valence-corrected chi connectivity index (χ2v) is 6.94. The molecule has 1 amide bonds. The van der Waals surface area contributed by atoms with Crippen LogP contribution < -0.4 is 15.8 Å². The fourth-order valence-corrected chi connectivity index (χ4v) is 2.91. The van der Waals surface area contributed by atoms with Crippen molar-refractivity contribution >= 4 is 42.3 Å². The fourth-order valence-electron chi connectivity index (χ4n) is 2.78. The molecule has 26 heavy (non-hydrogen) atoms. The van der Waals surface area contributed by atoms with Crippen LogP contribution in [0.1, 0.15) is 32.6 Å². The van der Waals surface area contributed by atoms with Crippen LogP contribution in [0.5, 0.6) is 5.75 Å². The van der Waals surface area contributed by atoms with Crippen LogP contribution >= 0.6 is 36.4 Å². The molecule has 1 aromatic carbocycles. The lowest BCUT2D eigenvalue weighted by Crippen LogP contribution is -2.45. The van der Waals surface area contributed by atoms with Crippen LogP contribution in [0.4, 0.5) is 0 Å². The zero-order valence-corrected chi connectivity index (χ0v) is 17.5. The van der Waals surface area contributed by atoms with Gasteiger partial charge in [-0.1, -0.05) is 11.6 Å². The van der Waals surface area contributed by atoms with Crippen LogP contribution in [-0.4, -0.2) is 49.1 Å². The lowest BCUT2D eigenvalue weighted by atomic mass is 10.0. The highest BCUT2D eigenvalue weighted by Crippen LogP contribution is 2.16. The third-order valence-corrected chi connectivity index (χ3v) is 4.52. The maximum Gasteiger partial charge on any atom is 0.220 e. The first kappa shape index (κ1) is 25.3. The minimum absolute atomic E-state index is 0. The number of nitrogens with one attached hydrogen (secondary N) is 1. The number of hydrogen-bond donors (Lipinski definition) is 2. The Morgan fingerprint density at radius 3 is 2.50 bits per heavy atom. The molecular weight excluding hydrogens is 397 g/mol. The van der Waals surface area contributed by atoms with Crippen LogP contribution in [0.2, 0.25) is 5.02 Å². The van der Waals surface area contributed by atoms with E-state index in [1.807, 2.05) is 31.2 Å². The number of rotatable bonds is 8. The van der Waals surface area contributed by atoms with E-state index in [9.17, 15) is 4.79 Å². The molecule has 1 unspecified atom stereocenters. The van der Waals surface area contributed by atoms with E-state index < -0.39 is 0 Å². The zero-order valence-electron chi connectivity index (χ0n) is 15.2. The summed E-state index contributed by atoms with van der Waals surface area (Å²) in [5.41, 5.74) is 5.68. The molecule has 3 N–H and O–H groups in total. The van der Waals surface area contributed by atoms with Crippen molar-refractivity contribution < 1.29 is 9.53 Å². The molecule has 8 heteroatoms. The summed E-state index contributed by atoms with van der Waals surface area (Å²) in [6, 6.07) is 7.79. The molecular formula is C18H30Cl3N3O2. The number of hydrogen-bond acceptors (Lipinski definition) is 4. The summed E-state index contributed by atoms with van der Waals surface area (Å²) in [6.07, 6.45) is 3.25. The molecule has 150 valence electrons. The quantitative estimate of drug-likeness (QED) is 0.669. The average molecular weight is 427 g/mol. The van der Waals surface area contributed by atoms with Crippen LogP contribution in [-0.2, 0) is 4.79 Å². The third-order valence-electron chi connectivity index (χ3n) is 4.27. The van der Waals surface area contributed by atoms with Gasteiger partial charge in [-0.15, -0.1) is 24.8 Å². The number of halogens is 3. The van der Waals surface area contributed by atoms with Crippen LogP contribution in [0.3, 0.4) is 0 Å². The summed E-state index contributed by atoms with van der Waals surface area (Å²) in [7, 11) is 0. The predicted molar refractivity (Wildman–Crippen MR) is 112 cm³/mol. The van der Waals surface area contributed by atoms with E-state index in [2.05, 4.69) is 10.2 Å². The molecule has 5 nitrogen and oxygen atoms in total. The second kappa shape index (κ2) is 13.4. The minimum Gasteiger partial charge on any atom is -0.492 e.